The minimum atomic E-state index is 0.674. The third-order valence-corrected chi connectivity index (χ3v) is 4.18. The quantitative estimate of drug-likeness (QED) is 0.625. The fourth-order valence-electron chi connectivity index (χ4n) is 2.74. The second-order valence-corrected chi connectivity index (χ2v) is 5.79. The van der Waals surface area contributed by atoms with E-state index >= 15 is 0 Å². The van der Waals surface area contributed by atoms with Gasteiger partial charge in [0, 0.05) is 13.1 Å². The summed E-state index contributed by atoms with van der Waals surface area (Å²) in [5, 5.41) is 0. The molecule has 2 rings (SSSR count). The molecule has 2 aliphatic heterocycles. The monoisotopic (exact) mass is 212 g/mol. The molecule has 0 spiro atoms. The topological polar surface area (TPSA) is 6.48 Å². The molecule has 88 valence electrons. The van der Waals surface area contributed by atoms with Gasteiger partial charge < -0.3 is 4.48 Å². The molecule has 3 nitrogen and oxygen atoms in total. The van der Waals surface area contributed by atoms with E-state index in [1.54, 1.807) is 0 Å². The molecule has 2 heterocycles. The summed E-state index contributed by atoms with van der Waals surface area (Å²) in [4.78, 5) is 5.31. The molecule has 3 heteroatoms. The number of likely N-dealkylation sites (tertiary alicyclic amines) is 1. The van der Waals surface area contributed by atoms with Crippen LogP contribution in [0.2, 0.25) is 0 Å². The highest BCUT2D eigenvalue weighted by atomic mass is 15.4. The number of likely N-dealkylation sites (N-methyl/N-ethyl adjacent to an activating group) is 1. The second kappa shape index (κ2) is 4.40. The molecule has 2 fully saturated rings. The van der Waals surface area contributed by atoms with E-state index in [1.165, 1.54) is 56.6 Å². The summed E-state index contributed by atoms with van der Waals surface area (Å²) >= 11 is 0. The molecule has 0 saturated carbocycles. The van der Waals surface area contributed by atoms with E-state index in [9.17, 15) is 0 Å². The van der Waals surface area contributed by atoms with Gasteiger partial charge in [-0.05, 0) is 32.9 Å². The molecule has 0 aromatic carbocycles. The van der Waals surface area contributed by atoms with Gasteiger partial charge in [0.25, 0.3) is 0 Å². The maximum absolute atomic E-state index is 2.66. The number of nitrogens with zero attached hydrogens (tertiary/aromatic N) is 3. The van der Waals surface area contributed by atoms with Crippen LogP contribution < -0.4 is 0 Å². The third kappa shape index (κ3) is 2.71. The molecule has 0 N–H and O–H groups in total. The lowest BCUT2D eigenvalue weighted by Crippen LogP contribution is -2.59. The first-order valence-electron chi connectivity index (χ1n) is 6.39. The van der Waals surface area contributed by atoms with Crippen LogP contribution in [0.1, 0.15) is 19.8 Å². The van der Waals surface area contributed by atoms with E-state index in [2.05, 4.69) is 30.8 Å². The lowest BCUT2D eigenvalue weighted by Gasteiger charge is -2.43. The van der Waals surface area contributed by atoms with E-state index in [-0.39, 0.29) is 0 Å². The van der Waals surface area contributed by atoms with Crippen molar-refractivity contribution >= 4 is 0 Å². The Morgan fingerprint density at radius 3 is 1.87 bits per heavy atom. The van der Waals surface area contributed by atoms with Crippen molar-refractivity contribution in [3.63, 3.8) is 0 Å². The molecular formula is C12H26N3+. The minimum absolute atomic E-state index is 0.674. The summed E-state index contributed by atoms with van der Waals surface area (Å²) in [6.45, 7) is 10.2. The number of hydrogen-bond donors (Lipinski definition) is 0. The lowest BCUT2D eigenvalue weighted by atomic mass is 10.2. The molecule has 0 aliphatic carbocycles. The zero-order chi connectivity index (χ0) is 10.9. The molecule has 0 aromatic rings. The van der Waals surface area contributed by atoms with Crippen LogP contribution in [0.25, 0.3) is 0 Å². The standard InChI is InChI=1S/C12H26N3/c1-12(13-6-4-5-7-13)14-8-10-15(2,3)11-9-14/h12H,4-11H2,1-3H3/q+1. The van der Waals surface area contributed by atoms with Crippen molar-refractivity contribution in [2.24, 2.45) is 0 Å². The summed E-state index contributed by atoms with van der Waals surface area (Å²) in [5.41, 5.74) is 0. The van der Waals surface area contributed by atoms with Gasteiger partial charge in [-0.1, -0.05) is 0 Å². The van der Waals surface area contributed by atoms with Crippen LogP contribution in [-0.2, 0) is 0 Å². The molecule has 0 radical (unpaired) electrons. The zero-order valence-electron chi connectivity index (χ0n) is 10.6. The van der Waals surface area contributed by atoms with E-state index in [1.807, 2.05) is 0 Å². The first kappa shape index (κ1) is 11.4. The molecule has 1 unspecified atom stereocenters. The highest BCUT2D eigenvalue weighted by Crippen LogP contribution is 2.17. The van der Waals surface area contributed by atoms with E-state index in [4.69, 9.17) is 0 Å². The van der Waals surface area contributed by atoms with Crippen LogP contribution in [0.15, 0.2) is 0 Å². The number of hydrogen-bond acceptors (Lipinski definition) is 2. The van der Waals surface area contributed by atoms with Crippen LogP contribution >= 0.6 is 0 Å². The fourth-order valence-corrected chi connectivity index (χ4v) is 2.74. The Bertz CT molecular complexity index is 199. The normalized spacial score (nSPS) is 30.6. The molecular weight excluding hydrogens is 186 g/mol. The fraction of sp³-hybridized carbons (Fsp3) is 1.00. The Hall–Kier alpha value is -0.120. The molecule has 2 saturated heterocycles. The van der Waals surface area contributed by atoms with Gasteiger partial charge in [-0.3, -0.25) is 9.80 Å². The molecule has 1 atom stereocenters. The molecule has 15 heavy (non-hydrogen) atoms. The SMILES string of the molecule is CC(N1CCCC1)N1CC[N+](C)(C)CC1. The highest BCUT2D eigenvalue weighted by molar-refractivity contribution is 4.75. The van der Waals surface area contributed by atoms with Crippen molar-refractivity contribution in [3.8, 4) is 0 Å². The van der Waals surface area contributed by atoms with Crippen molar-refractivity contribution in [2.75, 3.05) is 53.4 Å². The van der Waals surface area contributed by atoms with Crippen LogP contribution in [0.3, 0.4) is 0 Å². The third-order valence-electron chi connectivity index (χ3n) is 4.18. The Morgan fingerprint density at radius 2 is 1.33 bits per heavy atom. The number of quaternary nitrogens is 1. The van der Waals surface area contributed by atoms with Gasteiger partial charge in [-0.25, -0.2) is 0 Å². The largest absolute Gasteiger partial charge is 0.326 e. The Morgan fingerprint density at radius 1 is 0.867 bits per heavy atom. The Kier molecular flexibility index (Phi) is 3.33. The Balaban J connectivity index is 1.84. The first-order valence-corrected chi connectivity index (χ1v) is 6.39. The smallest absolute Gasteiger partial charge is 0.0912 e. The second-order valence-electron chi connectivity index (χ2n) is 5.79. The molecule has 0 aromatic heterocycles. The summed E-state index contributed by atoms with van der Waals surface area (Å²) in [6.07, 6.45) is 3.48. The van der Waals surface area contributed by atoms with Gasteiger partial charge in [-0.2, -0.15) is 0 Å². The van der Waals surface area contributed by atoms with Gasteiger partial charge in [0.15, 0.2) is 0 Å². The van der Waals surface area contributed by atoms with Crippen molar-refractivity contribution < 1.29 is 4.48 Å². The van der Waals surface area contributed by atoms with Crippen molar-refractivity contribution in [1.82, 2.24) is 9.80 Å². The highest BCUT2D eigenvalue weighted by Gasteiger charge is 2.30. The van der Waals surface area contributed by atoms with Gasteiger partial charge in [-0.15, -0.1) is 0 Å². The van der Waals surface area contributed by atoms with Gasteiger partial charge in [0.05, 0.1) is 33.4 Å². The van der Waals surface area contributed by atoms with Crippen molar-refractivity contribution in [2.45, 2.75) is 25.9 Å². The average molecular weight is 212 g/mol. The summed E-state index contributed by atoms with van der Waals surface area (Å²) in [7, 11) is 4.69. The van der Waals surface area contributed by atoms with E-state index in [0.29, 0.717) is 6.17 Å². The number of rotatable bonds is 2. The molecule has 0 amide bonds. The van der Waals surface area contributed by atoms with E-state index in [0.717, 1.165) is 0 Å². The van der Waals surface area contributed by atoms with Crippen LogP contribution in [0, 0.1) is 0 Å². The zero-order valence-corrected chi connectivity index (χ0v) is 10.6. The predicted octanol–water partition coefficient (Wildman–Crippen LogP) is 0.820. The molecule has 0 bridgehead atoms. The van der Waals surface area contributed by atoms with E-state index < -0.39 is 0 Å². The Labute approximate surface area is 94.2 Å². The predicted molar refractivity (Wildman–Crippen MR) is 63.7 cm³/mol. The van der Waals surface area contributed by atoms with Crippen molar-refractivity contribution in [1.29, 1.82) is 0 Å². The molecule has 2 aliphatic rings. The maximum atomic E-state index is 2.66. The number of piperazine rings is 1. The van der Waals surface area contributed by atoms with Crippen LogP contribution in [0.4, 0.5) is 0 Å². The van der Waals surface area contributed by atoms with Gasteiger partial charge in [0.2, 0.25) is 0 Å². The minimum Gasteiger partial charge on any atom is -0.326 e. The first-order chi connectivity index (χ1) is 7.08. The van der Waals surface area contributed by atoms with Crippen molar-refractivity contribution in [3.05, 3.63) is 0 Å². The summed E-state index contributed by atoms with van der Waals surface area (Å²) < 4.78 is 1.20. The van der Waals surface area contributed by atoms with Crippen LogP contribution in [-0.4, -0.2) is 73.8 Å². The summed E-state index contributed by atoms with van der Waals surface area (Å²) in [5.74, 6) is 0. The van der Waals surface area contributed by atoms with Gasteiger partial charge >= 0.3 is 0 Å². The van der Waals surface area contributed by atoms with Gasteiger partial charge in [0.1, 0.15) is 0 Å². The summed E-state index contributed by atoms with van der Waals surface area (Å²) in [6, 6.07) is 0. The van der Waals surface area contributed by atoms with Crippen LogP contribution in [0.5, 0.6) is 0 Å². The average Bonchev–Trinajstić information content (AvgIpc) is 2.69. The maximum Gasteiger partial charge on any atom is 0.0912 e. The lowest BCUT2D eigenvalue weighted by molar-refractivity contribution is -0.894.